The predicted molar refractivity (Wildman–Crippen MR) is 162 cm³/mol. The molecule has 1 saturated heterocycles. The van der Waals surface area contributed by atoms with Gasteiger partial charge in [0, 0.05) is 32.4 Å². The molecule has 236 valence electrons. The van der Waals surface area contributed by atoms with Crippen LogP contribution in [-0.4, -0.2) is 48.7 Å². The first-order valence-electron chi connectivity index (χ1n) is 14.9. The van der Waals surface area contributed by atoms with Crippen molar-refractivity contribution in [3.05, 3.63) is 78.4 Å². The molecule has 0 aromatic heterocycles. The molecule has 2 aliphatic carbocycles. The molecule has 1 heterocycles. The highest BCUT2D eigenvalue weighted by molar-refractivity contribution is 5.87. The van der Waals surface area contributed by atoms with Gasteiger partial charge in [-0.2, -0.15) is 0 Å². The Labute approximate surface area is 258 Å². The van der Waals surface area contributed by atoms with Crippen LogP contribution in [0.1, 0.15) is 65.9 Å². The van der Waals surface area contributed by atoms with Crippen molar-refractivity contribution < 1.29 is 42.9 Å². The topological polar surface area (TPSA) is 114 Å². The van der Waals surface area contributed by atoms with E-state index in [1.807, 2.05) is 30.3 Å². The van der Waals surface area contributed by atoms with Gasteiger partial charge in [0.1, 0.15) is 17.6 Å². The van der Waals surface area contributed by atoms with Gasteiger partial charge in [-0.3, -0.25) is 19.1 Å². The molecule has 44 heavy (non-hydrogen) atoms. The monoisotopic (exact) mass is 606 g/mol. The zero-order valence-corrected chi connectivity index (χ0v) is 26.1. The lowest BCUT2D eigenvalue weighted by Gasteiger charge is -2.61. The fourth-order valence-corrected chi connectivity index (χ4v) is 7.25. The average Bonchev–Trinajstić information content (AvgIpc) is 3.25. The summed E-state index contributed by atoms with van der Waals surface area (Å²) in [5.74, 6) is -2.69. The fourth-order valence-electron chi connectivity index (χ4n) is 7.25. The summed E-state index contributed by atoms with van der Waals surface area (Å²) >= 11 is 0. The molecule has 3 aliphatic rings. The van der Waals surface area contributed by atoms with Gasteiger partial charge in [0.05, 0.1) is 0 Å². The number of hydrogen-bond acceptors (Lipinski definition) is 9. The van der Waals surface area contributed by atoms with Crippen LogP contribution in [0.25, 0.3) is 6.08 Å². The Morgan fingerprint density at radius 1 is 0.977 bits per heavy atom. The van der Waals surface area contributed by atoms with Gasteiger partial charge in [-0.15, -0.1) is 0 Å². The molecule has 0 radical (unpaired) electrons. The minimum Gasteiger partial charge on any atom is -0.458 e. The molecule has 1 aromatic rings. The summed E-state index contributed by atoms with van der Waals surface area (Å²) in [5.41, 5.74) is 0.431. The summed E-state index contributed by atoms with van der Waals surface area (Å²) < 4.78 is 29.7. The third kappa shape index (κ3) is 6.58. The maximum Gasteiger partial charge on any atom is 0.331 e. The van der Waals surface area contributed by atoms with Gasteiger partial charge in [0.15, 0.2) is 0 Å². The van der Waals surface area contributed by atoms with Gasteiger partial charge >= 0.3 is 23.9 Å². The molecule has 1 aliphatic heterocycles. The Bertz CT molecular complexity index is 1360. The molecule has 1 spiro atoms. The molecule has 2 fully saturated rings. The summed E-state index contributed by atoms with van der Waals surface area (Å²) in [4.78, 5) is 50.3. The van der Waals surface area contributed by atoms with Gasteiger partial charge in [-0.25, -0.2) is 4.79 Å². The number of allylic oxidation sites excluding steroid dienone is 2. The molecular weight excluding hydrogens is 564 g/mol. The Hall–Kier alpha value is -3.98. The normalized spacial score (nSPS) is 32.4. The molecule has 0 N–H and O–H groups in total. The second kappa shape index (κ2) is 13.3. The number of esters is 4. The Morgan fingerprint density at radius 3 is 2.25 bits per heavy atom. The number of carbonyl (C=O) groups is 4. The molecular formula is C35H42O9. The van der Waals surface area contributed by atoms with Crippen molar-refractivity contribution in [2.75, 3.05) is 0 Å². The highest BCUT2D eigenvalue weighted by Crippen LogP contribution is 2.68. The van der Waals surface area contributed by atoms with Crippen LogP contribution in [0.4, 0.5) is 0 Å². The van der Waals surface area contributed by atoms with Crippen LogP contribution in [-0.2, 0) is 42.9 Å². The summed E-state index contributed by atoms with van der Waals surface area (Å²) in [6.45, 7) is 16.1. The first-order valence-corrected chi connectivity index (χ1v) is 14.9. The van der Waals surface area contributed by atoms with Gasteiger partial charge in [-0.1, -0.05) is 69.0 Å². The molecule has 8 atom stereocenters. The first-order chi connectivity index (χ1) is 20.8. The van der Waals surface area contributed by atoms with Crippen LogP contribution in [0, 0.1) is 22.7 Å². The molecule has 4 rings (SSSR count). The van der Waals surface area contributed by atoms with Crippen LogP contribution < -0.4 is 0 Å². The Morgan fingerprint density at radius 2 is 1.64 bits per heavy atom. The molecule has 0 bridgehead atoms. The lowest BCUT2D eigenvalue weighted by Crippen LogP contribution is -2.64. The van der Waals surface area contributed by atoms with Gasteiger partial charge in [0.25, 0.3) is 0 Å². The molecule has 1 saturated carbocycles. The second-order valence-electron chi connectivity index (χ2n) is 12.2. The Balaban J connectivity index is 1.88. The average molecular weight is 607 g/mol. The van der Waals surface area contributed by atoms with Crippen LogP contribution in [0.5, 0.6) is 0 Å². The van der Waals surface area contributed by atoms with E-state index in [2.05, 4.69) is 27.0 Å². The minimum atomic E-state index is -1.25. The fraction of sp³-hybridized carbons (Fsp3) is 0.486. The maximum atomic E-state index is 13.4. The van der Waals surface area contributed by atoms with Crippen molar-refractivity contribution >= 4 is 30.0 Å². The largest absolute Gasteiger partial charge is 0.458 e. The summed E-state index contributed by atoms with van der Waals surface area (Å²) in [5, 5.41) is 0. The van der Waals surface area contributed by atoms with Gasteiger partial charge in [-0.05, 0) is 60.6 Å². The van der Waals surface area contributed by atoms with Crippen molar-refractivity contribution in [3.63, 3.8) is 0 Å². The van der Waals surface area contributed by atoms with Crippen molar-refractivity contribution in [3.8, 4) is 0 Å². The molecule has 9 nitrogen and oxygen atoms in total. The van der Waals surface area contributed by atoms with Crippen molar-refractivity contribution in [2.45, 2.75) is 85.1 Å². The number of ether oxygens (including phenoxy) is 5. The molecule has 1 aromatic carbocycles. The molecule has 9 heteroatoms. The quantitative estimate of drug-likeness (QED) is 0.106. The van der Waals surface area contributed by atoms with E-state index < -0.39 is 65.4 Å². The van der Waals surface area contributed by atoms with E-state index in [9.17, 15) is 19.2 Å². The second-order valence-corrected chi connectivity index (χ2v) is 12.2. The van der Waals surface area contributed by atoms with E-state index >= 15 is 0 Å². The SMILES string of the molecule is C=CC(=C)CC[C@]1(C)[C@H](C)C[C@H](OC(=O)C=Cc2ccccc2)[C@@]23C(=C[C@H](OC(C)=O)C[C@@H]12)[C@@H](OC(C)=O)O[C@@H]3OC(C)=O. The Kier molecular flexibility index (Phi) is 9.98. The van der Waals surface area contributed by atoms with E-state index in [4.69, 9.17) is 23.7 Å². The van der Waals surface area contributed by atoms with Crippen LogP contribution in [0.15, 0.2) is 72.9 Å². The first kappa shape index (κ1) is 32.9. The lowest BCUT2D eigenvalue weighted by atomic mass is 9.45. The zero-order chi connectivity index (χ0) is 32.2. The number of rotatable bonds is 10. The van der Waals surface area contributed by atoms with E-state index in [-0.39, 0.29) is 5.92 Å². The van der Waals surface area contributed by atoms with Crippen LogP contribution in [0.3, 0.4) is 0 Å². The predicted octanol–water partition coefficient (Wildman–Crippen LogP) is 5.85. The zero-order valence-electron chi connectivity index (χ0n) is 26.1. The van der Waals surface area contributed by atoms with Gasteiger partial charge in [0.2, 0.25) is 12.6 Å². The minimum absolute atomic E-state index is 0.00488. The third-order valence-corrected chi connectivity index (χ3v) is 9.43. The highest BCUT2D eigenvalue weighted by Gasteiger charge is 2.72. The summed E-state index contributed by atoms with van der Waals surface area (Å²) in [7, 11) is 0. The number of carbonyl (C=O) groups excluding carboxylic acids is 4. The third-order valence-electron chi connectivity index (χ3n) is 9.43. The number of benzene rings is 1. The lowest BCUT2D eigenvalue weighted by molar-refractivity contribution is -0.257. The highest BCUT2D eigenvalue weighted by atomic mass is 16.8. The van der Waals surface area contributed by atoms with Gasteiger partial charge < -0.3 is 18.9 Å². The summed E-state index contributed by atoms with van der Waals surface area (Å²) in [6.07, 6.45) is 4.51. The van der Waals surface area contributed by atoms with Crippen molar-refractivity contribution in [2.24, 2.45) is 22.7 Å². The van der Waals surface area contributed by atoms with Crippen molar-refractivity contribution in [1.29, 1.82) is 0 Å². The maximum absolute atomic E-state index is 13.4. The van der Waals surface area contributed by atoms with E-state index in [0.717, 1.165) is 11.1 Å². The van der Waals surface area contributed by atoms with Crippen LogP contribution >= 0.6 is 0 Å². The smallest absolute Gasteiger partial charge is 0.331 e. The standard InChI is InChI=1S/C35H42O9/c1-8-21(2)16-17-34(7)22(3)18-30(43-31(39)15-14-26-12-10-9-11-13-26)35-28(19-27(20-29(34)35)40-23(4)36)32(41-24(5)37)44-33(35)42-25(6)38/h8-15,19,22,27,29-30,32-33H,1-2,16-18,20H2,3-7H3/t22-,27+,29+,30+,32+,33+,34-,35-/m1/s1. The van der Waals surface area contributed by atoms with Crippen LogP contribution in [0.2, 0.25) is 0 Å². The van der Waals surface area contributed by atoms with E-state index in [1.165, 1.54) is 26.8 Å². The van der Waals surface area contributed by atoms with E-state index in [1.54, 1.807) is 18.2 Å². The summed E-state index contributed by atoms with van der Waals surface area (Å²) in [6, 6.07) is 9.35. The van der Waals surface area contributed by atoms with Crippen molar-refractivity contribution in [1.82, 2.24) is 0 Å². The molecule has 0 amide bonds. The van der Waals surface area contributed by atoms with E-state index in [0.29, 0.717) is 31.3 Å². The number of hydrogen-bond donors (Lipinski definition) is 0. The molecule has 0 unspecified atom stereocenters.